The molecule has 0 radical (unpaired) electrons. The number of carboxylic acids is 1. The van der Waals surface area contributed by atoms with Crippen molar-refractivity contribution in [2.75, 3.05) is 13.1 Å². The monoisotopic (exact) mass is 1090 g/mol. The summed E-state index contributed by atoms with van der Waals surface area (Å²) in [6, 6.07) is 18.1. The number of aldehydes is 1. The van der Waals surface area contributed by atoms with Crippen LogP contribution in [0.5, 0.6) is 0 Å². The topological polar surface area (TPSA) is 166 Å². The summed E-state index contributed by atoms with van der Waals surface area (Å²) in [6.07, 6.45) is 4.70. The van der Waals surface area contributed by atoms with Crippen molar-refractivity contribution in [3.05, 3.63) is 83.8 Å². The number of benzene rings is 2. The number of aliphatic hydroxyl groups is 1. The van der Waals surface area contributed by atoms with E-state index in [4.69, 9.17) is 23.4 Å². The van der Waals surface area contributed by atoms with E-state index in [2.05, 4.69) is 73.0 Å². The third kappa shape index (κ3) is 27.5. The summed E-state index contributed by atoms with van der Waals surface area (Å²) < 4.78 is 22.9. The zero-order valence-corrected chi connectivity index (χ0v) is 50.4. The van der Waals surface area contributed by atoms with E-state index in [1.54, 1.807) is 4.90 Å². The normalized spacial score (nSPS) is 16.7. The van der Waals surface area contributed by atoms with Gasteiger partial charge < -0.3 is 51.1 Å². The van der Waals surface area contributed by atoms with Crippen molar-refractivity contribution in [2.45, 2.75) is 176 Å². The molecule has 0 aromatic heterocycles. The highest BCUT2D eigenvalue weighted by Gasteiger charge is 2.43. The maximum absolute atomic E-state index is 12.5. The number of nitrogens with zero attached hydrogens (tertiary/aromatic N) is 1. The minimum Gasteiger partial charge on any atom is -1.00 e. The Bertz CT molecular complexity index is 1710. The first-order valence-electron chi connectivity index (χ1n) is 22.5. The van der Waals surface area contributed by atoms with Gasteiger partial charge in [0.2, 0.25) is 16.6 Å². The van der Waals surface area contributed by atoms with Gasteiger partial charge in [0.25, 0.3) is 0 Å². The second-order valence-corrected chi connectivity index (χ2v) is 29.7. The summed E-state index contributed by atoms with van der Waals surface area (Å²) in [6.45, 7) is 34.1. The molecule has 12 nitrogen and oxygen atoms in total. The number of carbonyl (C=O) groups is 4. The summed E-state index contributed by atoms with van der Waals surface area (Å²) in [5.41, 5.74) is 1.95. The first-order valence-corrected chi connectivity index (χ1v) is 28.4. The van der Waals surface area contributed by atoms with Crippen LogP contribution in [0.3, 0.4) is 0 Å². The molecule has 2 aromatic rings. The zero-order valence-electron chi connectivity index (χ0n) is 43.6. The number of carbonyl (C=O) groups excluding carboxylic acids is 3. The smallest absolute Gasteiger partial charge is 0.365 e. The molecule has 2 heterocycles. The van der Waals surface area contributed by atoms with Crippen LogP contribution in [0.4, 0.5) is 0 Å². The Balaban J connectivity index is -0.000000273. The van der Waals surface area contributed by atoms with Gasteiger partial charge in [0.1, 0.15) is 37.6 Å². The molecule has 2 aliphatic rings. The number of rotatable bonds is 15. The van der Waals surface area contributed by atoms with Crippen LogP contribution in [-0.4, -0.2) is 93.3 Å². The van der Waals surface area contributed by atoms with Gasteiger partial charge in [-0.05, 0) is 79.6 Å². The molecule has 396 valence electrons. The molecular formula is C49H91ClN2O10S4Si2. The lowest BCUT2D eigenvalue weighted by Crippen LogP contribution is -3.00. The fraction of sp³-hybridized carbons (Fsp3) is 0.633. The third-order valence-corrected chi connectivity index (χ3v) is 20.7. The molecule has 4 N–H and O–H groups in total. The first-order chi connectivity index (χ1) is 29.1. The van der Waals surface area contributed by atoms with E-state index in [9.17, 15) is 24.3 Å². The van der Waals surface area contributed by atoms with Gasteiger partial charge in [0, 0.05) is 24.8 Å². The molecule has 0 saturated carbocycles. The van der Waals surface area contributed by atoms with Crippen LogP contribution in [0.1, 0.15) is 113 Å². The number of aliphatic carboxylic acids is 1. The summed E-state index contributed by atoms with van der Waals surface area (Å²) in [4.78, 5) is 46.5. The van der Waals surface area contributed by atoms with E-state index < -0.39 is 40.8 Å². The Labute approximate surface area is 446 Å². The van der Waals surface area contributed by atoms with Crippen LogP contribution < -0.4 is 17.7 Å². The van der Waals surface area contributed by atoms with Crippen LogP contribution in [0, 0.1) is 11.8 Å². The fourth-order valence-corrected chi connectivity index (χ4v) is 8.08. The standard InChI is InChI=1S/C18H25NO5.C15H34O2Si2.C12H15NO2.C4H8O.ClH.4H2S/c1-12(2)15(16(20)17(21)22)19-10-6-9-14(19)18(23)24-11-13-7-4-3-5-8-13;1-13(17-19(10,11)15(5,6)7)12-16-18(8,9)14(2,3)4;14-12(11-7-4-8-13-11)15-9-10-5-2-1-3-6-10;1-4(2)3-5;;;;;/h3-5,7-8,12,14-16,20H,6,9-11H2,1-2H3,(H,21,22);12H,1-11H3;1-3,5-6,11,13H,4,7-9H2;3-4H,1-2H3;1H;4*1H2/b;13-12-;;;;;;;/t14-,15-,16?;;11-;;;;;;/m0.0....../s1. The van der Waals surface area contributed by atoms with Gasteiger partial charge >= 0.3 is 17.9 Å². The molecule has 68 heavy (non-hydrogen) atoms. The average Bonchev–Trinajstić information content (AvgIpc) is 3.93. The maximum atomic E-state index is 12.5. The van der Waals surface area contributed by atoms with Gasteiger partial charge in [-0.3, -0.25) is 9.69 Å². The number of likely N-dealkylation sites (tertiary alicyclic amines) is 1. The second kappa shape index (κ2) is 35.9. The highest BCUT2D eigenvalue weighted by atomic mass is 35.5. The average molecular weight is 1090 g/mol. The van der Waals surface area contributed by atoms with E-state index in [0.29, 0.717) is 19.6 Å². The molecule has 4 atom stereocenters. The van der Waals surface area contributed by atoms with Crippen molar-refractivity contribution in [2.24, 2.45) is 11.8 Å². The molecule has 0 aliphatic carbocycles. The molecule has 2 fully saturated rings. The van der Waals surface area contributed by atoms with Gasteiger partial charge in [-0.1, -0.05) is 130 Å². The number of nitrogens with two attached hydrogens (primary N) is 1. The third-order valence-electron chi connectivity index (χ3n) is 12.0. The number of esters is 2. The van der Waals surface area contributed by atoms with Crippen LogP contribution in [-0.2, 0) is 50.7 Å². The van der Waals surface area contributed by atoms with Gasteiger partial charge in [-0.25, -0.2) is 9.59 Å². The summed E-state index contributed by atoms with van der Waals surface area (Å²) in [5, 5.41) is 21.7. The van der Waals surface area contributed by atoms with E-state index in [1.807, 2.05) is 102 Å². The molecule has 2 aromatic carbocycles. The quantitative estimate of drug-likeness (QED) is 0.0793. The number of carboxylic acid groups (broad SMARTS) is 1. The lowest BCUT2D eigenvalue weighted by Gasteiger charge is -2.38. The number of ether oxygens (including phenoxy) is 2. The van der Waals surface area contributed by atoms with E-state index in [1.165, 1.54) is 0 Å². The van der Waals surface area contributed by atoms with Crippen molar-refractivity contribution >= 4 is 94.8 Å². The van der Waals surface area contributed by atoms with Crippen molar-refractivity contribution in [3.8, 4) is 0 Å². The van der Waals surface area contributed by atoms with E-state index in [-0.39, 0.29) is 113 Å². The fourth-order valence-electron chi connectivity index (χ4n) is 6.11. The van der Waals surface area contributed by atoms with Crippen LogP contribution in [0.2, 0.25) is 36.3 Å². The molecule has 19 heteroatoms. The summed E-state index contributed by atoms with van der Waals surface area (Å²) >= 11 is 0. The summed E-state index contributed by atoms with van der Waals surface area (Å²) in [5.74, 6) is -0.682. The number of hydrogen-bond donors (Lipinski definition) is 3. The van der Waals surface area contributed by atoms with Gasteiger partial charge in [0.05, 0.1) is 6.54 Å². The van der Waals surface area contributed by atoms with Crippen molar-refractivity contribution in [1.29, 1.82) is 0 Å². The Morgan fingerprint density at radius 2 is 1.21 bits per heavy atom. The highest BCUT2D eigenvalue weighted by molar-refractivity contribution is 7.59. The molecule has 4 rings (SSSR count). The lowest BCUT2D eigenvalue weighted by atomic mass is 9.96. The SMILES string of the molecule is C/C(=C/O[Si](C)(C)C(C)(C)C)O[Si](C)(C)C(C)(C)C.CC(C)C=O.CC(C)[C@@H](C(O)C(=O)O)N1CCC[C@H]1C(=O)OCc1ccccc1.O=C(OCc1ccccc1)[C@@H]1CCC[NH2+]1.S.S.S.S.[Cl-]. The lowest BCUT2D eigenvalue weighted by molar-refractivity contribution is -0.659. The number of aliphatic hydroxyl groups excluding tert-OH is 1. The molecule has 2 aliphatic heterocycles. The Morgan fingerprint density at radius 1 is 0.765 bits per heavy atom. The number of quaternary nitrogens is 1. The Hall–Kier alpha value is -2.14. The summed E-state index contributed by atoms with van der Waals surface area (Å²) in [7, 11) is -3.47. The number of halogens is 1. The van der Waals surface area contributed by atoms with Crippen LogP contribution in [0.15, 0.2) is 72.7 Å². The van der Waals surface area contributed by atoms with Crippen molar-refractivity contribution < 1.29 is 65.4 Å². The van der Waals surface area contributed by atoms with Crippen LogP contribution >= 0.6 is 54.0 Å². The van der Waals surface area contributed by atoms with Crippen molar-refractivity contribution in [3.63, 3.8) is 0 Å². The Kier molecular flexibility index (Phi) is 39.5. The largest absolute Gasteiger partial charge is 1.00 e. The first kappa shape index (κ1) is 74.8. The van der Waals surface area contributed by atoms with Gasteiger partial charge in [-0.15, -0.1) is 0 Å². The minimum absolute atomic E-state index is 0. The molecule has 0 spiro atoms. The zero-order chi connectivity index (χ0) is 48.2. The predicted octanol–water partition coefficient (Wildman–Crippen LogP) is 6.31. The molecule has 1 unspecified atom stereocenters. The van der Waals surface area contributed by atoms with Crippen molar-refractivity contribution in [1.82, 2.24) is 4.90 Å². The number of allylic oxidation sites excluding steroid dienone is 1. The predicted molar refractivity (Wildman–Crippen MR) is 297 cm³/mol. The molecular weight excluding hydrogens is 996 g/mol. The maximum Gasteiger partial charge on any atom is 0.365 e. The molecule has 0 amide bonds. The van der Waals surface area contributed by atoms with Gasteiger partial charge in [0.15, 0.2) is 12.1 Å². The Morgan fingerprint density at radius 3 is 1.57 bits per heavy atom. The van der Waals surface area contributed by atoms with Crippen LogP contribution in [0.25, 0.3) is 0 Å². The van der Waals surface area contributed by atoms with Gasteiger partial charge in [-0.2, -0.15) is 54.0 Å². The molecule has 0 bridgehead atoms. The minimum atomic E-state index is -1.74. The highest BCUT2D eigenvalue weighted by Crippen LogP contribution is 2.39. The van der Waals surface area contributed by atoms with E-state index in [0.717, 1.165) is 49.0 Å². The second-order valence-electron chi connectivity index (χ2n) is 20.2. The molecule has 2 saturated heterocycles. The van der Waals surface area contributed by atoms with E-state index >= 15 is 0 Å². The number of hydrogen-bond acceptors (Lipinski definition) is 10.